The zero-order chi connectivity index (χ0) is 17.5. The zero-order valence-electron chi connectivity index (χ0n) is 13.1. The van der Waals surface area contributed by atoms with Gasteiger partial charge in [-0.3, -0.25) is 14.4 Å². The van der Waals surface area contributed by atoms with E-state index in [-0.39, 0.29) is 19.5 Å². The predicted molar refractivity (Wildman–Crippen MR) is 85.7 cm³/mol. The second kappa shape index (κ2) is 7.91. The maximum Gasteiger partial charge on any atom is 0.305 e. The summed E-state index contributed by atoms with van der Waals surface area (Å²) < 4.78 is 6.12. The van der Waals surface area contributed by atoms with Gasteiger partial charge in [0.05, 0.1) is 19.2 Å². The van der Waals surface area contributed by atoms with Crippen LogP contribution < -0.4 is 15.6 Å². The fraction of sp³-hybridized carbons (Fsp3) is 0.250. The number of amides is 1. The number of ether oxygens (including phenoxy) is 1. The zero-order valence-corrected chi connectivity index (χ0v) is 13.1. The highest BCUT2D eigenvalue weighted by molar-refractivity contribution is 5.76. The van der Waals surface area contributed by atoms with Gasteiger partial charge in [0.15, 0.2) is 0 Å². The van der Waals surface area contributed by atoms with Gasteiger partial charge in [-0.25, -0.2) is 4.68 Å². The summed E-state index contributed by atoms with van der Waals surface area (Å²) in [6.07, 6.45) is -0.181. The number of carbonyl (C=O) groups is 2. The first-order chi connectivity index (χ1) is 11.5. The predicted octanol–water partition coefficient (Wildman–Crippen LogP) is 0.510. The molecule has 8 nitrogen and oxygen atoms in total. The molecule has 0 spiro atoms. The first-order valence-corrected chi connectivity index (χ1v) is 7.20. The molecular formula is C16H17N3O5. The third-order valence-electron chi connectivity index (χ3n) is 3.21. The fourth-order valence-corrected chi connectivity index (χ4v) is 1.98. The van der Waals surface area contributed by atoms with Crippen LogP contribution in [0.2, 0.25) is 0 Å². The molecular weight excluding hydrogens is 314 g/mol. The Hall–Kier alpha value is -3.16. The van der Waals surface area contributed by atoms with E-state index in [0.29, 0.717) is 11.4 Å². The number of nitrogens with zero attached hydrogens (tertiary/aromatic N) is 2. The van der Waals surface area contributed by atoms with Crippen LogP contribution >= 0.6 is 0 Å². The van der Waals surface area contributed by atoms with Gasteiger partial charge >= 0.3 is 5.97 Å². The maximum absolute atomic E-state index is 11.8. The quantitative estimate of drug-likeness (QED) is 0.765. The monoisotopic (exact) mass is 331 g/mol. The van der Waals surface area contributed by atoms with E-state index in [9.17, 15) is 14.4 Å². The van der Waals surface area contributed by atoms with Crippen molar-refractivity contribution >= 4 is 11.9 Å². The summed E-state index contributed by atoms with van der Waals surface area (Å²) in [5, 5.41) is 15.1. The van der Waals surface area contributed by atoms with Gasteiger partial charge in [0.25, 0.3) is 5.56 Å². The molecule has 2 rings (SSSR count). The number of hydrogen-bond acceptors (Lipinski definition) is 5. The molecule has 1 aromatic carbocycles. The summed E-state index contributed by atoms with van der Waals surface area (Å²) in [6, 6.07) is 10.0. The highest BCUT2D eigenvalue weighted by atomic mass is 16.5. The van der Waals surface area contributed by atoms with Crippen molar-refractivity contribution < 1.29 is 19.4 Å². The van der Waals surface area contributed by atoms with Gasteiger partial charge in [-0.2, -0.15) is 5.10 Å². The van der Waals surface area contributed by atoms with Crippen LogP contribution in [0.15, 0.2) is 41.2 Å². The van der Waals surface area contributed by atoms with Crippen molar-refractivity contribution in [3.63, 3.8) is 0 Å². The van der Waals surface area contributed by atoms with Crippen LogP contribution in [-0.2, 0) is 16.1 Å². The molecule has 24 heavy (non-hydrogen) atoms. The minimum Gasteiger partial charge on any atom is -0.497 e. The Morgan fingerprint density at radius 2 is 1.92 bits per heavy atom. The number of aromatic nitrogens is 2. The Bertz CT molecular complexity index is 783. The second-order valence-corrected chi connectivity index (χ2v) is 4.94. The minimum absolute atomic E-state index is 0.00108. The summed E-state index contributed by atoms with van der Waals surface area (Å²) in [5.74, 6) is -0.783. The number of carboxylic acids is 1. The number of aliphatic carboxylic acids is 1. The van der Waals surface area contributed by atoms with Crippen LogP contribution in [0, 0.1) is 0 Å². The summed E-state index contributed by atoms with van der Waals surface area (Å²) in [7, 11) is 1.57. The van der Waals surface area contributed by atoms with Crippen LogP contribution in [0.3, 0.4) is 0 Å². The number of benzene rings is 1. The number of nitrogens with one attached hydrogen (secondary N) is 1. The number of hydrogen-bond donors (Lipinski definition) is 2. The van der Waals surface area contributed by atoms with Crippen LogP contribution in [0.1, 0.15) is 6.42 Å². The molecule has 0 radical (unpaired) electrons. The van der Waals surface area contributed by atoms with E-state index in [1.807, 2.05) is 0 Å². The van der Waals surface area contributed by atoms with Crippen molar-refractivity contribution in [2.24, 2.45) is 0 Å². The topological polar surface area (TPSA) is 111 Å². The van der Waals surface area contributed by atoms with E-state index in [2.05, 4.69) is 10.4 Å². The standard InChI is InChI=1S/C16H17N3O5/c1-24-12-4-2-11(3-5-12)13-6-7-15(21)19(18-13)10-14(20)17-9-8-16(22)23/h2-7H,8-10H2,1H3,(H,17,20)(H,22,23). The molecule has 0 aliphatic heterocycles. The molecule has 1 heterocycles. The first kappa shape index (κ1) is 17.2. The lowest BCUT2D eigenvalue weighted by molar-refractivity contribution is -0.136. The molecule has 0 atom stereocenters. The molecule has 8 heteroatoms. The third-order valence-corrected chi connectivity index (χ3v) is 3.21. The van der Waals surface area contributed by atoms with Gasteiger partial charge in [0, 0.05) is 18.2 Å². The van der Waals surface area contributed by atoms with Gasteiger partial charge in [0.1, 0.15) is 12.3 Å². The number of methoxy groups -OCH3 is 1. The first-order valence-electron chi connectivity index (χ1n) is 7.20. The lowest BCUT2D eigenvalue weighted by Gasteiger charge is -2.08. The van der Waals surface area contributed by atoms with E-state index in [1.54, 1.807) is 37.4 Å². The number of carbonyl (C=O) groups excluding carboxylic acids is 1. The molecule has 1 aromatic heterocycles. The summed E-state index contributed by atoms with van der Waals surface area (Å²) in [5.41, 5.74) is 0.895. The van der Waals surface area contributed by atoms with Crippen molar-refractivity contribution in [1.82, 2.24) is 15.1 Å². The molecule has 0 fully saturated rings. The lowest BCUT2D eigenvalue weighted by atomic mass is 10.1. The largest absolute Gasteiger partial charge is 0.497 e. The van der Waals surface area contributed by atoms with Gasteiger partial charge in [0.2, 0.25) is 5.91 Å². The number of rotatable bonds is 7. The normalized spacial score (nSPS) is 10.2. The molecule has 2 N–H and O–H groups in total. The van der Waals surface area contributed by atoms with E-state index >= 15 is 0 Å². The van der Waals surface area contributed by atoms with Crippen molar-refractivity contribution in [2.75, 3.05) is 13.7 Å². The van der Waals surface area contributed by atoms with Crippen molar-refractivity contribution in [1.29, 1.82) is 0 Å². The SMILES string of the molecule is COc1ccc(-c2ccc(=O)n(CC(=O)NCCC(=O)O)n2)cc1. The van der Waals surface area contributed by atoms with Gasteiger partial charge in [-0.1, -0.05) is 0 Å². The molecule has 0 bridgehead atoms. The van der Waals surface area contributed by atoms with Crippen LogP contribution in [0.25, 0.3) is 11.3 Å². The molecule has 0 saturated carbocycles. The van der Waals surface area contributed by atoms with E-state index in [1.165, 1.54) is 6.07 Å². The molecule has 0 unspecified atom stereocenters. The second-order valence-electron chi connectivity index (χ2n) is 4.94. The molecule has 126 valence electrons. The maximum atomic E-state index is 11.8. The Morgan fingerprint density at radius 1 is 1.21 bits per heavy atom. The lowest BCUT2D eigenvalue weighted by Crippen LogP contribution is -2.34. The Balaban J connectivity index is 2.11. The summed E-state index contributed by atoms with van der Waals surface area (Å²) in [6.45, 7) is -0.274. The summed E-state index contributed by atoms with van der Waals surface area (Å²) >= 11 is 0. The van der Waals surface area contributed by atoms with Crippen LogP contribution in [-0.4, -0.2) is 40.4 Å². The van der Waals surface area contributed by atoms with Crippen molar-refractivity contribution in [3.8, 4) is 17.0 Å². The van der Waals surface area contributed by atoms with E-state index in [0.717, 1.165) is 10.2 Å². The average molecular weight is 331 g/mol. The highest BCUT2D eigenvalue weighted by Crippen LogP contribution is 2.19. The van der Waals surface area contributed by atoms with Gasteiger partial charge in [-0.15, -0.1) is 0 Å². The minimum atomic E-state index is -1.01. The Labute approximate surface area is 137 Å². The molecule has 2 aromatic rings. The third kappa shape index (κ3) is 4.67. The Kier molecular flexibility index (Phi) is 5.67. The van der Waals surface area contributed by atoms with Crippen molar-refractivity contribution in [3.05, 3.63) is 46.8 Å². The van der Waals surface area contributed by atoms with Gasteiger partial charge in [-0.05, 0) is 30.3 Å². The van der Waals surface area contributed by atoms with Crippen molar-refractivity contribution in [2.45, 2.75) is 13.0 Å². The number of carboxylic acid groups (broad SMARTS) is 1. The smallest absolute Gasteiger partial charge is 0.305 e. The molecule has 0 saturated heterocycles. The highest BCUT2D eigenvalue weighted by Gasteiger charge is 2.08. The average Bonchev–Trinajstić information content (AvgIpc) is 2.56. The molecule has 0 aliphatic rings. The van der Waals surface area contributed by atoms with E-state index < -0.39 is 17.4 Å². The summed E-state index contributed by atoms with van der Waals surface area (Å²) in [4.78, 5) is 34.0. The van der Waals surface area contributed by atoms with Crippen LogP contribution in [0.4, 0.5) is 0 Å². The molecule has 0 aliphatic carbocycles. The van der Waals surface area contributed by atoms with E-state index in [4.69, 9.17) is 9.84 Å². The van der Waals surface area contributed by atoms with Gasteiger partial charge < -0.3 is 15.2 Å². The Morgan fingerprint density at radius 3 is 2.54 bits per heavy atom. The molecule has 1 amide bonds. The van der Waals surface area contributed by atoms with Crippen LogP contribution in [0.5, 0.6) is 5.75 Å². The fourth-order valence-electron chi connectivity index (χ4n) is 1.98.